The summed E-state index contributed by atoms with van der Waals surface area (Å²) in [7, 11) is 0. The van der Waals surface area contributed by atoms with Crippen LogP contribution in [-0.4, -0.2) is 16.1 Å². The molecule has 1 aromatic carbocycles. The maximum absolute atomic E-state index is 12.3. The minimum atomic E-state index is -0.118. The number of nitrogens with one attached hydrogen (secondary N) is 2. The Bertz CT molecular complexity index is 729. The van der Waals surface area contributed by atoms with Gasteiger partial charge in [-0.15, -0.1) is 11.3 Å². The third-order valence-corrected chi connectivity index (χ3v) is 4.11. The first kappa shape index (κ1) is 13.6. The molecule has 0 aliphatic heterocycles. The largest absolute Gasteiger partial charge is 0.348 e. The number of thiophene rings is 1. The average molecular weight is 297 g/mol. The lowest BCUT2D eigenvalue weighted by atomic mass is 10.1. The first-order valence-electron chi connectivity index (χ1n) is 6.65. The molecule has 0 unspecified atom stereocenters. The number of aryl methyl sites for hydroxylation is 1. The summed E-state index contributed by atoms with van der Waals surface area (Å²) in [5.74, 6) is -0.118. The molecule has 2 heterocycles. The molecular formula is C16H15N3OS. The molecule has 21 heavy (non-hydrogen) atoms. The molecule has 106 valence electrons. The highest BCUT2D eigenvalue weighted by Gasteiger charge is 2.15. The minimum absolute atomic E-state index is 0.118. The van der Waals surface area contributed by atoms with E-state index in [1.165, 1.54) is 5.56 Å². The van der Waals surface area contributed by atoms with Crippen LogP contribution in [0.4, 0.5) is 0 Å². The zero-order valence-electron chi connectivity index (χ0n) is 11.6. The molecule has 1 amide bonds. The van der Waals surface area contributed by atoms with Crippen LogP contribution in [0, 0.1) is 6.92 Å². The number of benzene rings is 1. The first-order valence-corrected chi connectivity index (χ1v) is 7.53. The van der Waals surface area contributed by atoms with E-state index in [0.29, 0.717) is 12.1 Å². The molecular weight excluding hydrogens is 282 g/mol. The Morgan fingerprint density at radius 3 is 2.81 bits per heavy atom. The number of hydrogen-bond donors (Lipinski definition) is 2. The van der Waals surface area contributed by atoms with E-state index in [1.807, 2.05) is 48.7 Å². The Morgan fingerprint density at radius 2 is 2.10 bits per heavy atom. The smallest absolute Gasteiger partial charge is 0.255 e. The van der Waals surface area contributed by atoms with Crippen LogP contribution in [0.25, 0.3) is 10.6 Å². The average Bonchev–Trinajstić information content (AvgIpc) is 3.16. The summed E-state index contributed by atoms with van der Waals surface area (Å²) in [6.45, 7) is 2.55. The summed E-state index contributed by atoms with van der Waals surface area (Å²) < 4.78 is 0. The van der Waals surface area contributed by atoms with Crippen LogP contribution in [0.2, 0.25) is 0 Å². The molecule has 5 heteroatoms. The van der Waals surface area contributed by atoms with Crippen molar-refractivity contribution in [1.29, 1.82) is 0 Å². The van der Waals surface area contributed by atoms with Gasteiger partial charge in [-0.1, -0.05) is 35.9 Å². The van der Waals surface area contributed by atoms with Crippen molar-refractivity contribution in [2.45, 2.75) is 13.5 Å². The fourth-order valence-corrected chi connectivity index (χ4v) is 2.78. The summed E-state index contributed by atoms with van der Waals surface area (Å²) in [4.78, 5) is 13.3. The van der Waals surface area contributed by atoms with E-state index in [1.54, 1.807) is 17.5 Å². The number of amides is 1. The van der Waals surface area contributed by atoms with Crippen LogP contribution in [-0.2, 0) is 6.54 Å². The molecule has 0 spiro atoms. The molecule has 0 aliphatic rings. The number of carbonyl (C=O) groups is 1. The van der Waals surface area contributed by atoms with Gasteiger partial charge in [0.15, 0.2) is 0 Å². The summed E-state index contributed by atoms with van der Waals surface area (Å²) in [6, 6.07) is 12.0. The first-order chi connectivity index (χ1) is 10.2. The fourth-order valence-electron chi connectivity index (χ4n) is 2.05. The monoisotopic (exact) mass is 297 g/mol. The molecule has 2 aromatic heterocycles. The Morgan fingerprint density at radius 1 is 1.29 bits per heavy atom. The lowest BCUT2D eigenvalue weighted by Crippen LogP contribution is -2.22. The minimum Gasteiger partial charge on any atom is -0.348 e. The maximum Gasteiger partial charge on any atom is 0.255 e. The van der Waals surface area contributed by atoms with Crippen molar-refractivity contribution in [2.24, 2.45) is 0 Å². The van der Waals surface area contributed by atoms with Crippen LogP contribution in [0.15, 0.2) is 48.0 Å². The van der Waals surface area contributed by atoms with E-state index < -0.39 is 0 Å². The zero-order valence-corrected chi connectivity index (χ0v) is 12.4. The van der Waals surface area contributed by atoms with Crippen molar-refractivity contribution in [3.8, 4) is 10.6 Å². The third-order valence-electron chi connectivity index (χ3n) is 3.23. The van der Waals surface area contributed by atoms with Crippen molar-refractivity contribution in [3.63, 3.8) is 0 Å². The van der Waals surface area contributed by atoms with Crippen molar-refractivity contribution in [3.05, 3.63) is 64.7 Å². The standard InChI is InChI=1S/C16H15N3OS/c1-11-4-6-12(7-5-11)9-17-16(20)13-10-18-19-15(13)14-3-2-8-21-14/h2-8,10H,9H2,1H3,(H,17,20)(H,18,19). The van der Waals surface area contributed by atoms with Gasteiger partial charge in [0, 0.05) is 6.54 Å². The number of aromatic amines is 1. The Labute approximate surface area is 126 Å². The highest BCUT2D eigenvalue weighted by Crippen LogP contribution is 2.25. The van der Waals surface area contributed by atoms with Gasteiger partial charge < -0.3 is 5.32 Å². The van der Waals surface area contributed by atoms with Gasteiger partial charge in [-0.25, -0.2) is 0 Å². The van der Waals surface area contributed by atoms with Gasteiger partial charge >= 0.3 is 0 Å². The number of hydrogen-bond acceptors (Lipinski definition) is 3. The normalized spacial score (nSPS) is 10.5. The molecule has 2 N–H and O–H groups in total. The van der Waals surface area contributed by atoms with Crippen LogP contribution in [0.5, 0.6) is 0 Å². The van der Waals surface area contributed by atoms with E-state index >= 15 is 0 Å². The Hall–Kier alpha value is -2.40. The van der Waals surface area contributed by atoms with Gasteiger partial charge in [0.25, 0.3) is 5.91 Å². The SMILES string of the molecule is Cc1ccc(CNC(=O)c2cn[nH]c2-c2cccs2)cc1. The predicted octanol–water partition coefficient (Wildman–Crippen LogP) is 3.38. The summed E-state index contributed by atoms with van der Waals surface area (Å²) >= 11 is 1.58. The molecule has 0 radical (unpaired) electrons. The highest BCUT2D eigenvalue weighted by atomic mass is 32.1. The number of carbonyl (C=O) groups excluding carboxylic acids is 1. The van der Waals surface area contributed by atoms with Crippen LogP contribution < -0.4 is 5.32 Å². The second-order valence-electron chi connectivity index (χ2n) is 4.80. The van der Waals surface area contributed by atoms with E-state index in [2.05, 4.69) is 15.5 Å². The van der Waals surface area contributed by atoms with Crippen molar-refractivity contribution >= 4 is 17.2 Å². The zero-order chi connectivity index (χ0) is 14.7. The number of rotatable bonds is 4. The van der Waals surface area contributed by atoms with Crippen molar-refractivity contribution in [2.75, 3.05) is 0 Å². The lowest BCUT2D eigenvalue weighted by molar-refractivity contribution is 0.0951. The van der Waals surface area contributed by atoms with Crippen LogP contribution >= 0.6 is 11.3 Å². The fraction of sp³-hybridized carbons (Fsp3) is 0.125. The van der Waals surface area contributed by atoms with Gasteiger partial charge in [0.1, 0.15) is 0 Å². The Kier molecular flexibility index (Phi) is 3.83. The van der Waals surface area contributed by atoms with E-state index in [4.69, 9.17) is 0 Å². The molecule has 0 saturated carbocycles. The maximum atomic E-state index is 12.3. The summed E-state index contributed by atoms with van der Waals surface area (Å²) in [6.07, 6.45) is 1.57. The molecule has 3 aromatic rings. The molecule has 0 saturated heterocycles. The van der Waals surface area contributed by atoms with Gasteiger partial charge in [-0.05, 0) is 23.9 Å². The molecule has 0 fully saturated rings. The topological polar surface area (TPSA) is 57.8 Å². The predicted molar refractivity (Wildman–Crippen MR) is 84.2 cm³/mol. The van der Waals surface area contributed by atoms with E-state index in [-0.39, 0.29) is 5.91 Å². The number of nitrogens with zero attached hydrogens (tertiary/aromatic N) is 1. The molecule has 0 bridgehead atoms. The van der Waals surface area contributed by atoms with Gasteiger partial charge in [-0.2, -0.15) is 5.10 Å². The number of H-pyrrole nitrogens is 1. The third kappa shape index (κ3) is 3.03. The summed E-state index contributed by atoms with van der Waals surface area (Å²) in [5, 5.41) is 11.8. The van der Waals surface area contributed by atoms with Crippen LogP contribution in [0.3, 0.4) is 0 Å². The molecule has 0 atom stereocenters. The Balaban J connectivity index is 1.72. The molecule has 0 aliphatic carbocycles. The van der Waals surface area contributed by atoms with E-state index in [0.717, 1.165) is 16.1 Å². The van der Waals surface area contributed by atoms with Gasteiger partial charge in [0.2, 0.25) is 0 Å². The van der Waals surface area contributed by atoms with Gasteiger partial charge in [0.05, 0.1) is 22.3 Å². The lowest BCUT2D eigenvalue weighted by Gasteiger charge is -2.05. The summed E-state index contributed by atoms with van der Waals surface area (Å²) in [5.41, 5.74) is 3.63. The van der Waals surface area contributed by atoms with E-state index in [9.17, 15) is 4.79 Å². The van der Waals surface area contributed by atoms with Gasteiger partial charge in [-0.3, -0.25) is 9.89 Å². The second kappa shape index (κ2) is 5.93. The number of aromatic nitrogens is 2. The highest BCUT2D eigenvalue weighted by molar-refractivity contribution is 7.13. The van der Waals surface area contributed by atoms with Crippen molar-refractivity contribution < 1.29 is 4.79 Å². The quantitative estimate of drug-likeness (QED) is 0.775. The molecule has 4 nitrogen and oxygen atoms in total. The van der Waals surface area contributed by atoms with Crippen molar-refractivity contribution in [1.82, 2.24) is 15.5 Å². The van der Waals surface area contributed by atoms with Crippen LogP contribution in [0.1, 0.15) is 21.5 Å². The second-order valence-corrected chi connectivity index (χ2v) is 5.75. The molecule has 3 rings (SSSR count).